The van der Waals surface area contributed by atoms with Crippen LogP contribution in [0.5, 0.6) is 0 Å². The Balaban J connectivity index is 4.11. The summed E-state index contributed by atoms with van der Waals surface area (Å²) in [6.07, 6.45) is 0.293. The smallest absolute Gasteiger partial charge is 0.434 e. The van der Waals surface area contributed by atoms with E-state index in [-0.39, 0.29) is 0 Å². The van der Waals surface area contributed by atoms with Crippen molar-refractivity contribution >= 4 is 6.16 Å². The highest BCUT2D eigenvalue weighted by atomic mass is 16.7. The van der Waals surface area contributed by atoms with Crippen molar-refractivity contribution in [1.29, 1.82) is 0 Å². The number of carbonyl (C=O) groups excluding carboxylic acids is 1. The van der Waals surface area contributed by atoms with Crippen LogP contribution in [0.15, 0.2) is 0 Å². The van der Waals surface area contributed by atoms with E-state index in [1.165, 1.54) is 0 Å². The minimum Gasteiger partial charge on any atom is -0.434 e. The summed E-state index contributed by atoms with van der Waals surface area (Å²) in [4.78, 5) is 11.5. The molecule has 1 unspecified atom stereocenters. The van der Waals surface area contributed by atoms with Crippen LogP contribution in [0.2, 0.25) is 0 Å². The van der Waals surface area contributed by atoms with Crippen molar-refractivity contribution in [1.82, 2.24) is 0 Å². The number of hydrogen-bond acceptors (Lipinski definition) is 3. The molecule has 17 heavy (non-hydrogen) atoms. The SMILES string of the molecule is CC(C)COC(=O)OC(C)(C)CC(C)C(C)C. The molecule has 0 aromatic carbocycles. The predicted octanol–water partition coefficient (Wildman–Crippen LogP) is 4.26. The maximum absolute atomic E-state index is 11.5. The summed E-state index contributed by atoms with van der Waals surface area (Å²) in [5, 5.41) is 0. The number of hydrogen-bond donors (Lipinski definition) is 0. The molecule has 0 heterocycles. The van der Waals surface area contributed by atoms with Crippen LogP contribution in [0.25, 0.3) is 0 Å². The van der Waals surface area contributed by atoms with Crippen LogP contribution in [0.3, 0.4) is 0 Å². The largest absolute Gasteiger partial charge is 0.508 e. The van der Waals surface area contributed by atoms with Gasteiger partial charge in [0.15, 0.2) is 0 Å². The zero-order chi connectivity index (χ0) is 13.6. The Kier molecular flexibility index (Phi) is 6.58. The first-order chi connectivity index (χ1) is 7.64. The standard InChI is InChI=1S/C14H28O3/c1-10(2)9-16-13(15)17-14(6,7)8-12(5)11(3)4/h10-12H,8-9H2,1-7H3. The first-order valence-electron chi connectivity index (χ1n) is 6.50. The van der Waals surface area contributed by atoms with Crippen molar-refractivity contribution in [3.63, 3.8) is 0 Å². The van der Waals surface area contributed by atoms with Gasteiger partial charge >= 0.3 is 6.16 Å². The van der Waals surface area contributed by atoms with Crippen LogP contribution < -0.4 is 0 Å². The average molecular weight is 244 g/mol. The molecular weight excluding hydrogens is 216 g/mol. The van der Waals surface area contributed by atoms with E-state index in [0.29, 0.717) is 24.4 Å². The summed E-state index contributed by atoms with van der Waals surface area (Å²) in [7, 11) is 0. The van der Waals surface area contributed by atoms with E-state index in [4.69, 9.17) is 9.47 Å². The number of carbonyl (C=O) groups is 1. The van der Waals surface area contributed by atoms with E-state index in [1.807, 2.05) is 27.7 Å². The van der Waals surface area contributed by atoms with Gasteiger partial charge in [-0.3, -0.25) is 0 Å². The molecule has 0 aliphatic heterocycles. The molecule has 0 saturated heterocycles. The van der Waals surface area contributed by atoms with Crippen molar-refractivity contribution < 1.29 is 14.3 Å². The first kappa shape index (κ1) is 16.3. The number of ether oxygens (including phenoxy) is 2. The molecule has 0 aromatic rings. The van der Waals surface area contributed by atoms with Crippen LogP contribution in [0.1, 0.15) is 54.9 Å². The molecule has 0 aromatic heterocycles. The van der Waals surface area contributed by atoms with E-state index in [9.17, 15) is 4.79 Å². The van der Waals surface area contributed by atoms with Crippen molar-refractivity contribution in [2.75, 3.05) is 6.61 Å². The fraction of sp³-hybridized carbons (Fsp3) is 0.929. The number of rotatable bonds is 6. The van der Waals surface area contributed by atoms with Gasteiger partial charge in [0.1, 0.15) is 5.60 Å². The Morgan fingerprint density at radius 3 is 2.06 bits per heavy atom. The summed E-state index contributed by atoms with van der Waals surface area (Å²) in [6, 6.07) is 0. The molecular formula is C14H28O3. The second kappa shape index (κ2) is 6.87. The van der Waals surface area contributed by atoms with Gasteiger partial charge in [-0.1, -0.05) is 34.6 Å². The van der Waals surface area contributed by atoms with Crippen molar-refractivity contribution in [2.24, 2.45) is 17.8 Å². The fourth-order valence-corrected chi connectivity index (χ4v) is 1.54. The van der Waals surface area contributed by atoms with Crippen LogP contribution >= 0.6 is 0 Å². The molecule has 0 N–H and O–H groups in total. The first-order valence-corrected chi connectivity index (χ1v) is 6.50. The van der Waals surface area contributed by atoms with Crippen LogP contribution in [0.4, 0.5) is 4.79 Å². The fourth-order valence-electron chi connectivity index (χ4n) is 1.54. The second-order valence-corrected chi connectivity index (χ2v) is 6.24. The monoisotopic (exact) mass is 244 g/mol. The molecule has 102 valence electrons. The Hall–Kier alpha value is -0.730. The van der Waals surface area contributed by atoms with Crippen molar-refractivity contribution in [3.05, 3.63) is 0 Å². The summed E-state index contributed by atoms with van der Waals surface area (Å²) in [5.41, 5.74) is -0.461. The molecule has 0 spiro atoms. The minimum absolute atomic E-state index is 0.334. The van der Waals surface area contributed by atoms with Crippen molar-refractivity contribution in [3.8, 4) is 0 Å². The lowest BCUT2D eigenvalue weighted by Crippen LogP contribution is -2.32. The lowest BCUT2D eigenvalue weighted by Gasteiger charge is -2.29. The summed E-state index contributed by atoms with van der Waals surface area (Å²) >= 11 is 0. The normalized spacial score (nSPS) is 13.9. The molecule has 0 bridgehead atoms. The third kappa shape index (κ3) is 8.06. The molecule has 0 aliphatic rings. The average Bonchev–Trinajstić information content (AvgIpc) is 2.12. The highest BCUT2D eigenvalue weighted by Crippen LogP contribution is 2.25. The molecule has 0 aliphatic carbocycles. The summed E-state index contributed by atoms with van der Waals surface area (Å²) in [6.45, 7) is 14.8. The molecule has 0 radical (unpaired) electrons. The Morgan fingerprint density at radius 1 is 1.12 bits per heavy atom. The lowest BCUT2D eigenvalue weighted by molar-refractivity contribution is -0.0327. The van der Waals surface area contributed by atoms with Gasteiger partial charge in [0, 0.05) is 0 Å². The topological polar surface area (TPSA) is 35.5 Å². The van der Waals surface area contributed by atoms with Crippen molar-refractivity contribution in [2.45, 2.75) is 60.5 Å². The van der Waals surface area contributed by atoms with Gasteiger partial charge in [0.05, 0.1) is 6.61 Å². The van der Waals surface area contributed by atoms with Gasteiger partial charge < -0.3 is 9.47 Å². The van der Waals surface area contributed by atoms with Gasteiger partial charge in [-0.15, -0.1) is 0 Å². The molecule has 3 nitrogen and oxygen atoms in total. The zero-order valence-corrected chi connectivity index (χ0v) is 12.4. The maximum Gasteiger partial charge on any atom is 0.508 e. The second-order valence-electron chi connectivity index (χ2n) is 6.24. The van der Waals surface area contributed by atoms with Gasteiger partial charge in [-0.05, 0) is 38.0 Å². The summed E-state index contributed by atoms with van der Waals surface area (Å²) in [5.74, 6) is 1.44. The van der Waals surface area contributed by atoms with Gasteiger partial charge in [-0.25, -0.2) is 4.79 Å². The van der Waals surface area contributed by atoms with Gasteiger partial charge in [0.25, 0.3) is 0 Å². The maximum atomic E-state index is 11.5. The van der Waals surface area contributed by atoms with Gasteiger partial charge in [0.2, 0.25) is 0 Å². The predicted molar refractivity (Wildman–Crippen MR) is 70.0 cm³/mol. The van der Waals surface area contributed by atoms with E-state index >= 15 is 0 Å². The minimum atomic E-state index is -0.556. The highest BCUT2D eigenvalue weighted by molar-refractivity contribution is 5.60. The third-order valence-corrected chi connectivity index (χ3v) is 2.85. The van der Waals surface area contributed by atoms with E-state index in [2.05, 4.69) is 20.8 Å². The molecule has 0 saturated carbocycles. The van der Waals surface area contributed by atoms with Crippen LogP contribution in [0, 0.1) is 17.8 Å². The zero-order valence-electron chi connectivity index (χ0n) is 12.4. The Labute approximate surface area is 106 Å². The van der Waals surface area contributed by atoms with E-state index in [1.54, 1.807) is 0 Å². The quantitative estimate of drug-likeness (QED) is 0.655. The Morgan fingerprint density at radius 2 is 1.65 bits per heavy atom. The van der Waals surface area contributed by atoms with Crippen LogP contribution in [-0.4, -0.2) is 18.4 Å². The lowest BCUT2D eigenvalue weighted by atomic mass is 9.87. The summed E-state index contributed by atoms with van der Waals surface area (Å²) < 4.78 is 10.4. The third-order valence-electron chi connectivity index (χ3n) is 2.85. The molecule has 0 fully saturated rings. The van der Waals surface area contributed by atoms with Gasteiger partial charge in [-0.2, -0.15) is 0 Å². The highest BCUT2D eigenvalue weighted by Gasteiger charge is 2.27. The molecule has 0 amide bonds. The van der Waals surface area contributed by atoms with E-state index in [0.717, 1.165) is 6.42 Å². The Bertz CT molecular complexity index is 232. The molecule has 3 heteroatoms. The van der Waals surface area contributed by atoms with E-state index < -0.39 is 11.8 Å². The molecule has 0 rings (SSSR count). The van der Waals surface area contributed by atoms with Crippen LogP contribution in [-0.2, 0) is 9.47 Å². The molecule has 1 atom stereocenters.